The van der Waals surface area contributed by atoms with Crippen LogP contribution in [0.15, 0.2) is 66.7 Å². The molecule has 246 valence electrons. The van der Waals surface area contributed by atoms with Gasteiger partial charge in [0.1, 0.15) is 17.2 Å². The van der Waals surface area contributed by atoms with E-state index < -0.39 is 27.0 Å². The predicted molar refractivity (Wildman–Crippen MR) is 177 cm³/mol. The molecule has 0 saturated heterocycles. The average Bonchev–Trinajstić information content (AvgIpc) is 2.91. The highest BCUT2D eigenvalue weighted by Crippen LogP contribution is 2.30. The minimum Gasteiger partial charge on any atom is -0.506 e. The number of anilines is 1. The van der Waals surface area contributed by atoms with Gasteiger partial charge in [0.25, 0.3) is 0 Å². The van der Waals surface area contributed by atoms with E-state index in [0.29, 0.717) is 23.6 Å². The first-order valence-electron chi connectivity index (χ1n) is 14.2. The van der Waals surface area contributed by atoms with Gasteiger partial charge >= 0.3 is 11.9 Å². The number of aromatic hydroxyl groups is 1. The molecule has 0 aliphatic carbocycles. The summed E-state index contributed by atoms with van der Waals surface area (Å²) in [5, 5.41) is 24.1. The van der Waals surface area contributed by atoms with Gasteiger partial charge in [-0.2, -0.15) is 0 Å². The minimum absolute atomic E-state index is 0. The number of hydrogen-bond acceptors (Lipinski definition) is 9. The molecule has 0 aliphatic rings. The highest BCUT2D eigenvalue weighted by Gasteiger charge is 2.25. The third kappa shape index (κ3) is 11.3. The van der Waals surface area contributed by atoms with Crippen molar-refractivity contribution in [1.29, 1.82) is 0 Å². The smallest absolute Gasteiger partial charge is 0.316 e. The van der Waals surface area contributed by atoms with Gasteiger partial charge in [-0.25, -0.2) is 8.42 Å². The molecule has 0 spiro atoms. The van der Waals surface area contributed by atoms with Crippen LogP contribution in [0.2, 0.25) is 0 Å². The number of ether oxygens (including phenoxy) is 2. The maximum Gasteiger partial charge on any atom is 0.316 e. The Kier molecular flexibility index (Phi) is 12.6. The summed E-state index contributed by atoms with van der Waals surface area (Å²) in [7, 11) is -3.63. The number of sulfonamides is 1. The van der Waals surface area contributed by atoms with Gasteiger partial charge in [0, 0.05) is 19.0 Å². The van der Waals surface area contributed by atoms with Crippen LogP contribution in [-0.4, -0.2) is 49.9 Å². The van der Waals surface area contributed by atoms with Gasteiger partial charge in [0.15, 0.2) is 0 Å². The maximum absolute atomic E-state index is 12.3. The van der Waals surface area contributed by atoms with Crippen LogP contribution < -0.4 is 19.5 Å². The SMILES string of the molecule is CC(C)(C)C(=O)Oc1ccc(C(CNC[C@H](O)c2ccc(O)c(NS(C)(=O)=O)c2)c2ccc(OC(=O)C(C)(C)C)cc2)cc1.Cl. The van der Waals surface area contributed by atoms with E-state index in [1.807, 2.05) is 24.3 Å². The van der Waals surface area contributed by atoms with Gasteiger partial charge in [-0.3, -0.25) is 14.3 Å². The number of aliphatic hydroxyl groups excluding tert-OH is 1. The molecule has 4 N–H and O–H groups in total. The van der Waals surface area contributed by atoms with Crippen molar-refractivity contribution >= 4 is 40.1 Å². The van der Waals surface area contributed by atoms with Crippen molar-refractivity contribution in [1.82, 2.24) is 5.32 Å². The first kappa shape index (κ1) is 37.5. The second-order valence-corrected chi connectivity index (χ2v) is 14.5. The number of halogens is 1. The summed E-state index contributed by atoms with van der Waals surface area (Å²) in [6, 6.07) is 18.6. The molecular weight excluding hydrogens is 620 g/mol. The van der Waals surface area contributed by atoms with Gasteiger partial charge < -0.3 is 25.0 Å². The summed E-state index contributed by atoms with van der Waals surface area (Å²) < 4.78 is 36.5. The molecule has 0 heterocycles. The summed E-state index contributed by atoms with van der Waals surface area (Å²) in [5.74, 6) is -0.307. The van der Waals surface area contributed by atoms with Crippen LogP contribution in [0.1, 0.15) is 70.3 Å². The number of phenols is 1. The molecule has 0 fully saturated rings. The Morgan fingerprint density at radius 1 is 0.756 bits per heavy atom. The molecule has 3 aromatic rings. The van der Waals surface area contributed by atoms with Crippen molar-refractivity contribution in [2.24, 2.45) is 10.8 Å². The normalized spacial score (nSPS) is 12.6. The van der Waals surface area contributed by atoms with Crippen LogP contribution in [0.5, 0.6) is 17.2 Å². The zero-order valence-corrected chi connectivity index (χ0v) is 28.2. The fourth-order valence-corrected chi connectivity index (χ4v) is 4.57. The highest BCUT2D eigenvalue weighted by atomic mass is 35.5. The number of aliphatic hydroxyl groups is 1. The molecule has 12 heteroatoms. The van der Waals surface area contributed by atoms with E-state index in [1.54, 1.807) is 65.8 Å². The van der Waals surface area contributed by atoms with Crippen LogP contribution in [0, 0.1) is 10.8 Å². The summed E-state index contributed by atoms with van der Waals surface area (Å²) in [4.78, 5) is 24.7. The zero-order valence-electron chi connectivity index (χ0n) is 26.6. The molecule has 0 aromatic heterocycles. The predicted octanol–water partition coefficient (Wildman–Crippen LogP) is 5.54. The Hall–Kier alpha value is -3.64. The highest BCUT2D eigenvalue weighted by molar-refractivity contribution is 7.92. The lowest BCUT2D eigenvalue weighted by Crippen LogP contribution is -2.27. The van der Waals surface area contributed by atoms with Gasteiger partial charge in [-0.15, -0.1) is 12.4 Å². The topological polar surface area (TPSA) is 151 Å². The summed E-state index contributed by atoms with van der Waals surface area (Å²) in [6.07, 6.45) is -0.0332. The van der Waals surface area contributed by atoms with E-state index >= 15 is 0 Å². The van der Waals surface area contributed by atoms with Crippen LogP contribution in [0.3, 0.4) is 0 Å². The summed E-state index contributed by atoms with van der Waals surface area (Å²) in [5.41, 5.74) is 0.902. The molecule has 0 unspecified atom stereocenters. The Bertz CT molecular complexity index is 1490. The first-order chi connectivity index (χ1) is 20.3. The number of hydrogen-bond donors (Lipinski definition) is 4. The largest absolute Gasteiger partial charge is 0.506 e. The molecule has 0 radical (unpaired) electrons. The lowest BCUT2D eigenvalue weighted by Gasteiger charge is -2.22. The molecule has 0 amide bonds. The van der Waals surface area contributed by atoms with Gasteiger partial charge in [0.2, 0.25) is 10.0 Å². The van der Waals surface area contributed by atoms with E-state index in [-0.39, 0.29) is 48.2 Å². The Labute approximate surface area is 271 Å². The fraction of sp³-hybridized carbons (Fsp3) is 0.394. The number of rotatable bonds is 11. The van der Waals surface area contributed by atoms with E-state index in [9.17, 15) is 28.2 Å². The van der Waals surface area contributed by atoms with Gasteiger partial charge in [-0.05, 0) is 94.6 Å². The van der Waals surface area contributed by atoms with Crippen LogP contribution in [-0.2, 0) is 19.6 Å². The van der Waals surface area contributed by atoms with Crippen LogP contribution in [0.25, 0.3) is 0 Å². The fourth-order valence-electron chi connectivity index (χ4n) is 4.01. The third-order valence-corrected chi connectivity index (χ3v) is 7.19. The summed E-state index contributed by atoms with van der Waals surface area (Å²) >= 11 is 0. The van der Waals surface area contributed by atoms with E-state index in [2.05, 4.69) is 10.0 Å². The number of phenolic OH excluding ortho intramolecular Hbond substituents is 1. The van der Waals surface area contributed by atoms with Crippen LogP contribution in [0.4, 0.5) is 5.69 Å². The number of benzene rings is 3. The minimum atomic E-state index is -3.63. The van der Waals surface area contributed by atoms with Crippen molar-refractivity contribution in [2.45, 2.75) is 53.6 Å². The van der Waals surface area contributed by atoms with Gasteiger partial charge in [0.05, 0.1) is 28.9 Å². The van der Waals surface area contributed by atoms with E-state index in [1.165, 1.54) is 18.2 Å². The molecule has 0 aliphatic heterocycles. The first-order valence-corrected chi connectivity index (χ1v) is 16.1. The molecule has 10 nitrogen and oxygen atoms in total. The quantitative estimate of drug-likeness (QED) is 0.118. The third-order valence-electron chi connectivity index (χ3n) is 6.60. The molecule has 3 aromatic carbocycles. The molecular formula is C33H43ClN2O8S. The van der Waals surface area contributed by atoms with Crippen molar-refractivity contribution in [3.8, 4) is 17.2 Å². The monoisotopic (exact) mass is 662 g/mol. The maximum atomic E-state index is 12.3. The molecule has 0 bridgehead atoms. The number of esters is 2. The molecule has 1 atom stereocenters. The Morgan fingerprint density at radius 2 is 1.18 bits per heavy atom. The average molecular weight is 663 g/mol. The Morgan fingerprint density at radius 3 is 1.58 bits per heavy atom. The standard InChI is InChI=1S/C33H42N2O8S.ClH/c1-32(2,3)30(38)42-24-13-8-21(9-14-24)26(22-10-15-25(16-11-22)43-31(39)33(4,5)6)19-34-20-29(37)23-12-17-28(36)27(18-23)35-44(7,40)41;/h8-18,26,29,34-37H,19-20H2,1-7H3;1H/t29-;/m0./s1. The van der Waals surface area contributed by atoms with Gasteiger partial charge in [-0.1, -0.05) is 30.3 Å². The van der Waals surface area contributed by atoms with E-state index in [0.717, 1.165) is 17.4 Å². The molecule has 3 rings (SSSR count). The van der Waals surface area contributed by atoms with Crippen LogP contribution >= 0.6 is 12.4 Å². The summed E-state index contributed by atoms with van der Waals surface area (Å²) in [6.45, 7) is 11.2. The van der Waals surface area contributed by atoms with Crippen molar-refractivity contribution < 1.29 is 37.7 Å². The lowest BCUT2D eigenvalue weighted by atomic mass is 9.91. The van der Waals surface area contributed by atoms with E-state index in [4.69, 9.17) is 9.47 Å². The number of carbonyl (C=O) groups excluding carboxylic acids is 2. The van der Waals surface area contributed by atoms with Crippen molar-refractivity contribution in [3.05, 3.63) is 83.4 Å². The number of carbonyl (C=O) groups is 2. The second kappa shape index (κ2) is 15.1. The molecule has 0 saturated carbocycles. The van der Waals surface area contributed by atoms with Crippen molar-refractivity contribution in [2.75, 3.05) is 24.1 Å². The molecule has 45 heavy (non-hydrogen) atoms. The second-order valence-electron chi connectivity index (χ2n) is 12.8. The lowest BCUT2D eigenvalue weighted by molar-refractivity contribution is -0.143. The zero-order chi connectivity index (χ0) is 32.9. The number of nitrogens with one attached hydrogen (secondary N) is 2. The van der Waals surface area contributed by atoms with Crippen molar-refractivity contribution in [3.63, 3.8) is 0 Å². The Balaban J connectivity index is 0.00000705.